The average Bonchev–Trinajstić information content (AvgIpc) is 2.64. The summed E-state index contributed by atoms with van der Waals surface area (Å²) in [6.07, 6.45) is 0. The number of nitrogens with one attached hydrogen (secondary N) is 1. The summed E-state index contributed by atoms with van der Waals surface area (Å²) in [5.41, 5.74) is 8.81. The zero-order valence-corrected chi connectivity index (χ0v) is 13.4. The molecule has 0 aliphatic carbocycles. The Morgan fingerprint density at radius 2 is 1.29 bits per heavy atom. The summed E-state index contributed by atoms with van der Waals surface area (Å²) < 4.78 is 5.57. The largest absolute Gasteiger partial charge is 0.495 e. The molecular weight excluding hydrogens is 296 g/mol. The van der Waals surface area contributed by atoms with Crippen LogP contribution in [0.3, 0.4) is 0 Å². The predicted molar refractivity (Wildman–Crippen MR) is 102 cm³/mol. The van der Waals surface area contributed by atoms with E-state index in [1.807, 2.05) is 42.5 Å². The number of ether oxygens (including phenoxy) is 1. The second kappa shape index (κ2) is 5.78. The van der Waals surface area contributed by atoms with Crippen LogP contribution in [0.1, 0.15) is 0 Å². The van der Waals surface area contributed by atoms with Crippen molar-refractivity contribution in [2.75, 3.05) is 18.2 Å². The maximum absolute atomic E-state index is 6.27. The van der Waals surface area contributed by atoms with Crippen molar-refractivity contribution in [3.63, 3.8) is 0 Å². The zero-order chi connectivity index (χ0) is 16.5. The van der Waals surface area contributed by atoms with Crippen LogP contribution in [0.4, 0.5) is 17.1 Å². The van der Waals surface area contributed by atoms with Crippen LogP contribution >= 0.6 is 0 Å². The van der Waals surface area contributed by atoms with Gasteiger partial charge in [0.1, 0.15) is 5.75 Å². The third-order valence-corrected chi connectivity index (χ3v) is 4.32. The van der Waals surface area contributed by atoms with E-state index in [0.29, 0.717) is 5.69 Å². The standard InChI is InChI=1S/C21H18N2O/c1-24-19-13-11-15-7-3-5-9-17(15)21(19)23-20-16-8-4-2-6-14(16)10-12-18(20)22/h2-13,23H,22H2,1H3. The van der Waals surface area contributed by atoms with E-state index >= 15 is 0 Å². The van der Waals surface area contributed by atoms with Gasteiger partial charge in [0.15, 0.2) is 0 Å². The van der Waals surface area contributed by atoms with E-state index in [9.17, 15) is 0 Å². The molecule has 0 saturated carbocycles. The molecule has 0 fully saturated rings. The monoisotopic (exact) mass is 314 g/mol. The normalized spacial score (nSPS) is 10.9. The molecule has 3 N–H and O–H groups in total. The van der Waals surface area contributed by atoms with Crippen LogP contribution in [0, 0.1) is 0 Å². The van der Waals surface area contributed by atoms with Gasteiger partial charge in [0.25, 0.3) is 0 Å². The lowest BCUT2D eigenvalue weighted by atomic mass is 10.0. The zero-order valence-electron chi connectivity index (χ0n) is 13.4. The van der Waals surface area contributed by atoms with E-state index in [0.717, 1.165) is 38.7 Å². The van der Waals surface area contributed by atoms with Crippen LogP contribution in [0.15, 0.2) is 72.8 Å². The third kappa shape index (κ3) is 2.31. The molecule has 0 atom stereocenters. The molecule has 0 heterocycles. The number of rotatable bonds is 3. The van der Waals surface area contributed by atoms with Crippen molar-refractivity contribution in [2.45, 2.75) is 0 Å². The summed E-state index contributed by atoms with van der Waals surface area (Å²) >= 11 is 0. The summed E-state index contributed by atoms with van der Waals surface area (Å²) in [6.45, 7) is 0. The molecule has 0 aliphatic rings. The van der Waals surface area contributed by atoms with Gasteiger partial charge in [0, 0.05) is 10.8 Å². The smallest absolute Gasteiger partial charge is 0.142 e. The first-order chi connectivity index (χ1) is 11.8. The molecule has 0 spiro atoms. The highest BCUT2D eigenvalue weighted by Crippen LogP contribution is 2.39. The lowest BCUT2D eigenvalue weighted by Crippen LogP contribution is -2.00. The topological polar surface area (TPSA) is 47.3 Å². The van der Waals surface area contributed by atoms with Gasteiger partial charge in [-0.1, -0.05) is 60.7 Å². The maximum Gasteiger partial charge on any atom is 0.142 e. The lowest BCUT2D eigenvalue weighted by molar-refractivity contribution is 0.417. The Balaban J connectivity index is 1.96. The minimum atomic E-state index is 0.712. The van der Waals surface area contributed by atoms with Crippen molar-refractivity contribution in [1.29, 1.82) is 0 Å². The second-order valence-corrected chi connectivity index (χ2v) is 5.74. The summed E-state index contributed by atoms with van der Waals surface area (Å²) in [5.74, 6) is 0.793. The average molecular weight is 314 g/mol. The van der Waals surface area contributed by atoms with E-state index in [2.05, 4.69) is 35.6 Å². The lowest BCUT2D eigenvalue weighted by Gasteiger charge is -2.17. The number of nitrogens with two attached hydrogens (primary N) is 1. The molecule has 4 rings (SSSR count). The highest BCUT2D eigenvalue weighted by molar-refractivity contribution is 6.05. The molecule has 0 bridgehead atoms. The van der Waals surface area contributed by atoms with Gasteiger partial charge in [-0.15, -0.1) is 0 Å². The first-order valence-electron chi connectivity index (χ1n) is 7.88. The maximum atomic E-state index is 6.27. The van der Waals surface area contributed by atoms with Crippen molar-refractivity contribution < 1.29 is 4.74 Å². The Kier molecular flexibility index (Phi) is 3.47. The fourth-order valence-corrected chi connectivity index (χ4v) is 3.10. The molecule has 0 unspecified atom stereocenters. The van der Waals surface area contributed by atoms with Gasteiger partial charge in [-0.05, 0) is 22.9 Å². The van der Waals surface area contributed by atoms with Gasteiger partial charge in [-0.25, -0.2) is 0 Å². The van der Waals surface area contributed by atoms with Crippen molar-refractivity contribution in [1.82, 2.24) is 0 Å². The van der Waals surface area contributed by atoms with Gasteiger partial charge < -0.3 is 15.8 Å². The molecule has 24 heavy (non-hydrogen) atoms. The number of methoxy groups -OCH3 is 1. The summed E-state index contributed by atoms with van der Waals surface area (Å²) in [6, 6.07) is 24.5. The Morgan fingerprint density at radius 1 is 0.708 bits per heavy atom. The van der Waals surface area contributed by atoms with Crippen molar-refractivity contribution in [2.24, 2.45) is 0 Å². The van der Waals surface area contributed by atoms with Gasteiger partial charge in [-0.2, -0.15) is 0 Å². The van der Waals surface area contributed by atoms with Crippen LogP contribution in [0.25, 0.3) is 21.5 Å². The Labute approximate surface area is 140 Å². The Bertz CT molecular complexity index is 1040. The molecule has 0 amide bonds. The fourth-order valence-electron chi connectivity index (χ4n) is 3.10. The Hall–Kier alpha value is -3.20. The summed E-state index contributed by atoms with van der Waals surface area (Å²) in [5, 5.41) is 8.02. The molecule has 0 aliphatic heterocycles. The molecule has 3 heteroatoms. The van der Waals surface area contributed by atoms with Crippen LogP contribution in [0.2, 0.25) is 0 Å². The molecular formula is C21H18N2O. The Morgan fingerprint density at radius 3 is 1.96 bits per heavy atom. The third-order valence-electron chi connectivity index (χ3n) is 4.32. The number of hydrogen-bond acceptors (Lipinski definition) is 3. The van der Waals surface area contributed by atoms with Gasteiger partial charge in [0.2, 0.25) is 0 Å². The molecule has 4 aromatic rings. The fraction of sp³-hybridized carbons (Fsp3) is 0.0476. The highest BCUT2D eigenvalue weighted by atomic mass is 16.5. The van der Waals surface area contributed by atoms with E-state index in [1.54, 1.807) is 7.11 Å². The molecule has 118 valence electrons. The second-order valence-electron chi connectivity index (χ2n) is 5.74. The van der Waals surface area contributed by atoms with Crippen LogP contribution in [-0.4, -0.2) is 7.11 Å². The predicted octanol–water partition coefficient (Wildman–Crippen LogP) is 5.33. The number of nitrogen functional groups attached to an aromatic ring is 1. The van der Waals surface area contributed by atoms with Crippen molar-refractivity contribution in [3.8, 4) is 5.75 Å². The van der Waals surface area contributed by atoms with E-state index < -0.39 is 0 Å². The summed E-state index contributed by atoms with van der Waals surface area (Å²) in [7, 11) is 1.68. The first-order valence-corrected chi connectivity index (χ1v) is 7.88. The van der Waals surface area contributed by atoms with Crippen molar-refractivity contribution in [3.05, 3.63) is 72.8 Å². The molecule has 3 nitrogen and oxygen atoms in total. The quantitative estimate of drug-likeness (QED) is 0.503. The SMILES string of the molecule is COc1ccc2ccccc2c1Nc1c(N)ccc2ccccc12. The van der Waals surface area contributed by atoms with Crippen LogP contribution in [0.5, 0.6) is 5.75 Å². The summed E-state index contributed by atoms with van der Waals surface area (Å²) in [4.78, 5) is 0. The van der Waals surface area contributed by atoms with Gasteiger partial charge in [0.05, 0.1) is 24.2 Å². The minimum absolute atomic E-state index is 0.712. The van der Waals surface area contributed by atoms with Crippen LogP contribution in [-0.2, 0) is 0 Å². The van der Waals surface area contributed by atoms with E-state index in [4.69, 9.17) is 10.5 Å². The van der Waals surface area contributed by atoms with Gasteiger partial charge >= 0.3 is 0 Å². The molecule has 0 aromatic heterocycles. The number of benzene rings is 4. The first kappa shape index (κ1) is 14.4. The van der Waals surface area contributed by atoms with Gasteiger partial charge in [-0.3, -0.25) is 0 Å². The van der Waals surface area contributed by atoms with E-state index in [-0.39, 0.29) is 0 Å². The van der Waals surface area contributed by atoms with Crippen molar-refractivity contribution >= 4 is 38.6 Å². The van der Waals surface area contributed by atoms with E-state index in [1.165, 1.54) is 0 Å². The minimum Gasteiger partial charge on any atom is -0.495 e. The highest BCUT2D eigenvalue weighted by Gasteiger charge is 2.12. The van der Waals surface area contributed by atoms with Crippen LogP contribution < -0.4 is 15.8 Å². The molecule has 0 radical (unpaired) electrons. The molecule has 0 saturated heterocycles. The molecule has 4 aromatic carbocycles. The number of anilines is 3. The number of hydrogen-bond donors (Lipinski definition) is 2. The number of fused-ring (bicyclic) bond motifs is 2.